The van der Waals surface area contributed by atoms with Crippen molar-refractivity contribution >= 4 is 21.4 Å². The number of sulfone groups is 1. The summed E-state index contributed by atoms with van der Waals surface area (Å²) in [6, 6.07) is 2.47. The lowest BCUT2D eigenvalue weighted by Gasteiger charge is -2.25. The molecule has 110 valence electrons. The van der Waals surface area contributed by atoms with E-state index in [0.29, 0.717) is 12.3 Å². The van der Waals surface area contributed by atoms with E-state index in [1.54, 1.807) is 6.92 Å². The van der Waals surface area contributed by atoms with E-state index in [9.17, 15) is 13.2 Å². The van der Waals surface area contributed by atoms with Crippen molar-refractivity contribution in [2.45, 2.75) is 18.0 Å². The van der Waals surface area contributed by atoms with Crippen molar-refractivity contribution in [1.29, 1.82) is 0 Å². The van der Waals surface area contributed by atoms with E-state index >= 15 is 0 Å². The van der Waals surface area contributed by atoms with Gasteiger partial charge in [-0.3, -0.25) is 4.79 Å². The molecule has 1 aromatic rings. The molecule has 8 heteroatoms. The number of hydrogen-bond donors (Lipinski definition) is 2. The van der Waals surface area contributed by atoms with Crippen molar-refractivity contribution in [3.8, 4) is 0 Å². The third-order valence-electron chi connectivity index (χ3n) is 3.41. The van der Waals surface area contributed by atoms with Crippen LogP contribution < -0.4 is 11.1 Å². The van der Waals surface area contributed by atoms with Crippen LogP contribution in [0, 0.1) is 5.41 Å². The average Bonchev–Trinajstić information content (AvgIpc) is 2.70. The molecule has 0 spiro atoms. The van der Waals surface area contributed by atoms with E-state index in [2.05, 4.69) is 10.3 Å². The van der Waals surface area contributed by atoms with Crippen LogP contribution in [0.25, 0.3) is 0 Å². The third-order valence-corrected chi connectivity index (χ3v) is 4.41. The Hall–Kier alpha value is -1.51. The normalized spacial score (nSPS) is 26.4. The van der Waals surface area contributed by atoms with Crippen molar-refractivity contribution < 1.29 is 17.9 Å². The second-order valence-electron chi connectivity index (χ2n) is 5.15. The number of aromatic nitrogens is 1. The van der Waals surface area contributed by atoms with Crippen LogP contribution in [0.4, 0.5) is 5.69 Å². The van der Waals surface area contributed by atoms with Crippen LogP contribution in [0.3, 0.4) is 0 Å². The van der Waals surface area contributed by atoms with Crippen LogP contribution in [0.2, 0.25) is 0 Å². The zero-order valence-corrected chi connectivity index (χ0v) is 12.1. The van der Waals surface area contributed by atoms with Crippen LogP contribution in [0.15, 0.2) is 23.4 Å². The standard InChI is InChI=1S/C12H17N3O4S/c1-12(7-19-6-9(12)13)11(16)15-8-3-4-10(14-5-8)20(2,17)18/h3-5,9H,6-7,13H2,1-2H3,(H,15,16). The monoisotopic (exact) mass is 299 g/mol. The summed E-state index contributed by atoms with van der Waals surface area (Å²) in [4.78, 5) is 16.0. The molecule has 2 rings (SSSR count). The van der Waals surface area contributed by atoms with Crippen molar-refractivity contribution in [3.05, 3.63) is 18.3 Å². The highest BCUT2D eigenvalue weighted by molar-refractivity contribution is 7.90. The van der Waals surface area contributed by atoms with Gasteiger partial charge in [0.05, 0.1) is 30.5 Å². The fourth-order valence-corrected chi connectivity index (χ4v) is 2.43. The first-order valence-corrected chi connectivity index (χ1v) is 7.93. The average molecular weight is 299 g/mol. The number of hydrogen-bond acceptors (Lipinski definition) is 6. The van der Waals surface area contributed by atoms with E-state index in [0.717, 1.165) is 6.26 Å². The number of rotatable bonds is 3. The lowest BCUT2D eigenvalue weighted by atomic mass is 9.85. The number of pyridine rings is 1. The Morgan fingerprint density at radius 3 is 2.70 bits per heavy atom. The minimum Gasteiger partial charge on any atom is -0.379 e. The number of ether oxygens (including phenoxy) is 1. The Morgan fingerprint density at radius 2 is 2.25 bits per heavy atom. The molecular weight excluding hydrogens is 282 g/mol. The Morgan fingerprint density at radius 1 is 1.55 bits per heavy atom. The molecule has 1 aliphatic heterocycles. The largest absolute Gasteiger partial charge is 0.379 e. The SMILES string of the molecule is CC1(C(=O)Nc2ccc(S(C)(=O)=O)nc2)COCC1N. The zero-order valence-electron chi connectivity index (χ0n) is 11.3. The fraction of sp³-hybridized carbons (Fsp3) is 0.500. The molecule has 2 atom stereocenters. The Bertz CT molecular complexity index is 614. The van der Waals surface area contributed by atoms with Gasteiger partial charge in [0.25, 0.3) is 0 Å². The second-order valence-corrected chi connectivity index (χ2v) is 7.11. The highest BCUT2D eigenvalue weighted by Crippen LogP contribution is 2.28. The molecule has 0 aliphatic carbocycles. The molecule has 20 heavy (non-hydrogen) atoms. The van der Waals surface area contributed by atoms with Crippen molar-refractivity contribution in [3.63, 3.8) is 0 Å². The predicted molar refractivity (Wildman–Crippen MR) is 72.9 cm³/mol. The predicted octanol–water partition coefficient (Wildman–Crippen LogP) is -0.213. The van der Waals surface area contributed by atoms with Crippen LogP contribution in [-0.2, 0) is 19.4 Å². The molecule has 2 heterocycles. The van der Waals surface area contributed by atoms with Crippen LogP contribution >= 0.6 is 0 Å². The summed E-state index contributed by atoms with van der Waals surface area (Å²) >= 11 is 0. The molecule has 1 saturated heterocycles. The summed E-state index contributed by atoms with van der Waals surface area (Å²) in [6.07, 6.45) is 2.38. The molecule has 0 aromatic carbocycles. The van der Waals surface area contributed by atoms with Gasteiger partial charge in [0, 0.05) is 12.3 Å². The topological polar surface area (TPSA) is 111 Å². The molecule has 0 saturated carbocycles. The van der Waals surface area contributed by atoms with Gasteiger partial charge in [0.2, 0.25) is 5.91 Å². The van der Waals surface area contributed by atoms with E-state index in [1.807, 2.05) is 0 Å². The van der Waals surface area contributed by atoms with Gasteiger partial charge < -0.3 is 15.8 Å². The Balaban J connectivity index is 2.13. The second kappa shape index (κ2) is 5.12. The quantitative estimate of drug-likeness (QED) is 0.798. The van der Waals surface area contributed by atoms with Gasteiger partial charge in [0.15, 0.2) is 14.9 Å². The van der Waals surface area contributed by atoms with Crippen molar-refractivity contribution in [1.82, 2.24) is 4.98 Å². The minimum absolute atomic E-state index is 0.0392. The maximum Gasteiger partial charge on any atom is 0.234 e. The first kappa shape index (κ1) is 14.9. The van der Waals surface area contributed by atoms with E-state index in [-0.39, 0.29) is 23.6 Å². The fourth-order valence-electron chi connectivity index (χ4n) is 1.87. The number of nitrogens with zero attached hydrogens (tertiary/aromatic N) is 1. The molecule has 1 fully saturated rings. The number of nitrogens with two attached hydrogens (primary N) is 1. The Labute approximate surface area is 117 Å². The maximum absolute atomic E-state index is 12.2. The van der Waals surface area contributed by atoms with Crippen molar-refractivity contribution in [2.24, 2.45) is 11.1 Å². The minimum atomic E-state index is -3.35. The lowest BCUT2D eigenvalue weighted by molar-refractivity contribution is -0.125. The van der Waals surface area contributed by atoms with Crippen LogP contribution in [0.1, 0.15) is 6.92 Å². The number of carbonyl (C=O) groups is 1. The summed E-state index contributed by atoms with van der Waals surface area (Å²) in [5.74, 6) is -0.267. The molecule has 2 unspecified atom stereocenters. The summed E-state index contributed by atoms with van der Waals surface area (Å²) in [5, 5.41) is 2.64. The summed E-state index contributed by atoms with van der Waals surface area (Å²) < 4.78 is 27.8. The van der Waals surface area contributed by atoms with Gasteiger partial charge in [-0.15, -0.1) is 0 Å². The highest BCUT2D eigenvalue weighted by Gasteiger charge is 2.44. The summed E-state index contributed by atoms with van der Waals surface area (Å²) in [6.45, 7) is 2.34. The van der Waals surface area contributed by atoms with E-state index < -0.39 is 15.3 Å². The summed E-state index contributed by atoms with van der Waals surface area (Å²) in [5.41, 5.74) is 5.49. The van der Waals surface area contributed by atoms with E-state index in [4.69, 9.17) is 10.5 Å². The van der Waals surface area contributed by atoms with Crippen LogP contribution in [-0.4, -0.2) is 44.8 Å². The lowest BCUT2D eigenvalue weighted by Crippen LogP contribution is -2.47. The van der Waals surface area contributed by atoms with Gasteiger partial charge in [-0.25, -0.2) is 13.4 Å². The molecule has 1 aliphatic rings. The smallest absolute Gasteiger partial charge is 0.234 e. The van der Waals surface area contributed by atoms with E-state index in [1.165, 1.54) is 18.3 Å². The number of nitrogens with one attached hydrogen (secondary N) is 1. The first-order valence-electron chi connectivity index (χ1n) is 6.04. The molecule has 7 nitrogen and oxygen atoms in total. The molecular formula is C12H17N3O4S. The van der Waals surface area contributed by atoms with Crippen molar-refractivity contribution in [2.75, 3.05) is 24.8 Å². The maximum atomic E-state index is 12.2. The van der Waals surface area contributed by atoms with Gasteiger partial charge in [-0.05, 0) is 19.1 Å². The molecule has 1 aromatic heterocycles. The molecule has 0 bridgehead atoms. The third kappa shape index (κ3) is 2.82. The van der Waals surface area contributed by atoms with Gasteiger partial charge >= 0.3 is 0 Å². The molecule has 3 N–H and O–H groups in total. The van der Waals surface area contributed by atoms with Gasteiger partial charge in [-0.1, -0.05) is 0 Å². The number of amides is 1. The van der Waals surface area contributed by atoms with Gasteiger partial charge in [0.1, 0.15) is 0 Å². The zero-order chi connectivity index (χ0) is 15.0. The highest BCUT2D eigenvalue weighted by atomic mass is 32.2. The number of anilines is 1. The summed E-state index contributed by atoms with van der Waals surface area (Å²) in [7, 11) is -3.35. The molecule has 0 radical (unpaired) electrons. The first-order chi connectivity index (χ1) is 9.23. The molecule has 1 amide bonds. The van der Waals surface area contributed by atoms with Crippen LogP contribution in [0.5, 0.6) is 0 Å². The number of carbonyl (C=O) groups excluding carboxylic acids is 1. The van der Waals surface area contributed by atoms with Gasteiger partial charge in [-0.2, -0.15) is 0 Å². The Kier molecular flexibility index (Phi) is 3.81.